The number of rotatable bonds is 19. The second-order valence-electron chi connectivity index (χ2n) is 7.72. The molecule has 152 valence electrons. The Bertz CT molecular complexity index is 267. The molecule has 0 aromatic heterocycles. The van der Waals surface area contributed by atoms with Crippen molar-refractivity contribution in [3.8, 4) is 0 Å². The zero-order chi connectivity index (χ0) is 18.8. The van der Waals surface area contributed by atoms with Gasteiger partial charge in [-0.3, -0.25) is 0 Å². The first-order valence-corrected chi connectivity index (χ1v) is 13.7. The van der Waals surface area contributed by atoms with Crippen LogP contribution in [0.1, 0.15) is 118 Å². The summed E-state index contributed by atoms with van der Waals surface area (Å²) in [7, 11) is -1.96. The van der Waals surface area contributed by atoms with Crippen molar-refractivity contribution in [3.63, 3.8) is 0 Å². The van der Waals surface area contributed by atoms with Crippen molar-refractivity contribution in [2.24, 2.45) is 0 Å². The van der Waals surface area contributed by atoms with Crippen molar-refractivity contribution >= 4 is 8.56 Å². The Morgan fingerprint density at radius 2 is 1.12 bits per heavy atom. The fourth-order valence-electron chi connectivity index (χ4n) is 3.43. The van der Waals surface area contributed by atoms with E-state index in [1.54, 1.807) is 0 Å². The topological polar surface area (TPSA) is 18.5 Å². The summed E-state index contributed by atoms with van der Waals surface area (Å²) >= 11 is 0. The molecule has 25 heavy (non-hydrogen) atoms. The average molecular weight is 373 g/mol. The van der Waals surface area contributed by atoms with Crippen LogP contribution in [0.2, 0.25) is 12.1 Å². The zero-order valence-electron chi connectivity index (χ0n) is 18.2. The van der Waals surface area contributed by atoms with Crippen LogP contribution in [0.25, 0.3) is 0 Å². The third-order valence-electron chi connectivity index (χ3n) is 5.32. The maximum atomic E-state index is 6.48. The van der Waals surface area contributed by atoms with E-state index in [2.05, 4.69) is 34.6 Å². The van der Waals surface area contributed by atoms with Crippen molar-refractivity contribution in [2.45, 2.75) is 136 Å². The standard InChI is InChI=1S/C22H48O2Si/c1-6-10-12-13-14-15-16-17-19-21-23-25(8-3,9-4)24-22(5)20-18-11-7-2/h22H,6-21H2,1-5H3. The minimum Gasteiger partial charge on any atom is -0.394 e. The van der Waals surface area contributed by atoms with Crippen LogP contribution < -0.4 is 0 Å². The van der Waals surface area contributed by atoms with Crippen molar-refractivity contribution in [2.75, 3.05) is 6.61 Å². The summed E-state index contributed by atoms with van der Waals surface area (Å²) in [6.07, 6.45) is 17.8. The van der Waals surface area contributed by atoms with Crippen LogP contribution in [0.4, 0.5) is 0 Å². The van der Waals surface area contributed by atoms with Gasteiger partial charge in [-0.25, -0.2) is 0 Å². The smallest absolute Gasteiger partial charge is 0.337 e. The van der Waals surface area contributed by atoms with Gasteiger partial charge in [0.1, 0.15) is 0 Å². The molecular weight excluding hydrogens is 324 g/mol. The molecule has 0 bridgehead atoms. The Morgan fingerprint density at radius 3 is 1.64 bits per heavy atom. The number of unbranched alkanes of at least 4 members (excludes halogenated alkanes) is 10. The SMILES string of the molecule is CCCCCCCCCCCO[Si](CC)(CC)OC(C)CCCCC. The quantitative estimate of drug-likeness (QED) is 0.169. The van der Waals surface area contributed by atoms with Gasteiger partial charge in [0.25, 0.3) is 0 Å². The minimum absolute atomic E-state index is 0.362. The van der Waals surface area contributed by atoms with Gasteiger partial charge in [-0.15, -0.1) is 0 Å². The fraction of sp³-hybridized carbons (Fsp3) is 1.00. The van der Waals surface area contributed by atoms with E-state index < -0.39 is 8.56 Å². The third-order valence-corrected chi connectivity index (χ3v) is 9.04. The van der Waals surface area contributed by atoms with Gasteiger partial charge >= 0.3 is 8.56 Å². The van der Waals surface area contributed by atoms with Gasteiger partial charge < -0.3 is 8.85 Å². The van der Waals surface area contributed by atoms with Gasteiger partial charge in [-0.1, -0.05) is 98.3 Å². The summed E-state index contributed by atoms with van der Waals surface area (Å²) in [6.45, 7) is 12.2. The van der Waals surface area contributed by atoms with Gasteiger partial charge in [-0.05, 0) is 31.9 Å². The highest BCUT2D eigenvalue weighted by molar-refractivity contribution is 6.67. The first-order valence-electron chi connectivity index (χ1n) is 11.5. The van der Waals surface area contributed by atoms with E-state index in [-0.39, 0.29) is 0 Å². The fourth-order valence-corrected chi connectivity index (χ4v) is 6.11. The molecule has 0 spiro atoms. The van der Waals surface area contributed by atoms with Crippen LogP contribution in [0.3, 0.4) is 0 Å². The highest BCUT2D eigenvalue weighted by Gasteiger charge is 2.35. The lowest BCUT2D eigenvalue weighted by Gasteiger charge is -2.32. The normalized spacial score (nSPS) is 13.3. The second kappa shape index (κ2) is 17.5. The zero-order valence-corrected chi connectivity index (χ0v) is 19.2. The highest BCUT2D eigenvalue weighted by Crippen LogP contribution is 2.23. The first-order chi connectivity index (χ1) is 12.1. The van der Waals surface area contributed by atoms with Crippen LogP contribution in [0.5, 0.6) is 0 Å². The molecule has 0 aromatic rings. The highest BCUT2D eigenvalue weighted by atomic mass is 28.4. The lowest BCUT2D eigenvalue weighted by molar-refractivity contribution is 0.114. The number of hydrogen-bond donors (Lipinski definition) is 0. The van der Waals surface area contributed by atoms with E-state index in [0.29, 0.717) is 6.10 Å². The maximum Gasteiger partial charge on any atom is 0.337 e. The van der Waals surface area contributed by atoms with Gasteiger partial charge in [0.2, 0.25) is 0 Å². The largest absolute Gasteiger partial charge is 0.394 e. The van der Waals surface area contributed by atoms with Crippen LogP contribution >= 0.6 is 0 Å². The molecule has 0 aliphatic carbocycles. The van der Waals surface area contributed by atoms with E-state index in [1.165, 1.54) is 83.5 Å². The van der Waals surface area contributed by atoms with Crippen LogP contribution in [-0.2, 0) is 8.85 Å². The van der Waals surface area contributed by atoms with Gasteiger partial charge in [-0.2, -0.15) is 0 Å². The maximum absolute atomic E-state index is 6.48. The minimum atomic E-state index is -1.96. The van der Waals surface area contributed by atoms with Crippen LogP contribution in [0, 0.1) is 0 Å². The molecule has 1 unspecified atom stereocenters. The molecule has 0 radical (unpaired) electrons. The Hall–Kier alpha value is 0.137. The van der Waals surface area contributed by atoms with Crippen molar-refractivity contribution < 1.29 is 8.85 Å². The summed E-state index contributed by atoms with van der Waals surface area (Å²) in [5.74, 6) is 0. The van der Waals surface area contributed by atoms with Crippen molar-refractivity contribution in [1.82, 2.24) is 0 Å². The monoisotopic (exact) mass is 372 g/mol. The van der Waals surface area contributed by atoms with Gasteiger partial charge in [0.15, 0.2) is 0 Å². The molecule has 0 rings (SSSR count). The molecule has 0 amide bonds. The van der Waals surface area contributed by atoms with Crippen LogP contribution in [-0.4, -0.2) is 21.3 Å². The third kappa shape index (κ3) is 13.9. The lowest BCUT2D eigenvalue weighted by atomic mass is 10.1. The second-order valence-corrected chi connectivity index (χ2v) is 11.5. The molecule has 1 atom stereocenters. The summed E-state index contributed by atoms with van der Waals surface area (Å²) < 4.78 is 12.9. The van der Waals surface area contributed by atoms with Gasteiger partial charge in [0.05, 0.1) is 0 Å². The van der Waals surface area contributed by atoms with E-state index in [9.17, 15) is 0 Å². The molecule has 0 aliphatic heterocycles. The lowest BCUT2D eigenvalue weighted by Crippen LogP contribution is -2.43. The Labute approximate surface area is 160 Å². The summed E-state index contributed by atoms with van der Waals surface area (Å²) in [5.41, 5.74) is 0. The Kier molecular flexibility index (Phi) is 17.6. The molecule has 3 heteroatoms. The molecular formula is C22H48O2Si. The van der Waals surface area contributed by atoms with Crippen molar-refractivity contribution in [1.29, 1.82) is 0 Å². The van der Waals surface area contributed by atoms with Crippen LogP contribution in [0.15, 0.2) is 0 Å². The van der Waals surface area contributed by atoms with E-state index >= 15 is 0 Å². The molecule has 0 saturated heterocycles. The predicted molar refractivity (Wildman–Crippen MR) is 115 cm³/mol. The summed E-state index contributed by atoms with van der Waals surface area (Å²) in [4.78, 5) is 0. The van der Waals surface area contributed by atoms with E-state index in [4.69, 9.17) is 8.85 Å². The molecule has 0 saturated carbocycles. The molecule has 2 nitrogen and oxygen atoms in total. The van der Waals surface area contributed by atoms with E-state index in [1.807, 2.05) is 0 Å². The predicted octanol–water partition coefficient (Wildman–Crippen LogP) is 8.00. The Balaban J connectivity index is 3.83. The summed E-state index contributed by atoms with van der Waals surface area (Å²) in [5, 5.41) is 0. The molecule has 0 N–H and O–H groups in total. The average Bonchev–Trinajstić information content (AvgIpc) is 2.62. The van der Waals surface area contributed by atoms with Gasteiger partial charge in [0, 0.05) is 12.7 Å². The molecule has 0 aliphatic rings. The van der Waals surface area contributed by atoms with E-state index in [0.717, 1.165) is 18.7 Å². The van der Waals surface area contributed by atoms with Crippen molar-refractivity contribution in [3.05, 3.63) is 0 Å². The molecule has 0 fully saturated rings. The molecule has 0 heterocycles. The first kappa shape index (κ1) is 25.1. The Morgan fingerprint density at radius 1 is 0.640 bits per heavy atom. The number of hydrogen-bond acceptors (Lipinski definition) is 2. The summed E-state index contributed by atoms with van der Waals surface area (Å²) in [6, 6.07) is 2.16. The molecule has 0 aromatic carbocycles.